The van der Waals surface area contributed by atoms with E-state index in [0.717, 1.165) is 29.0 Å². The molecule has 0 fully saturated rings. The Balaban J connectivity index is 1.98. The Hall–Kier alpha value is -1.72. The van der Waals surface area contributed by atoms with Crippen molar-refractivity contribution in [3.63, 3.8) is 0 Å². The maximum atomic E-state index is 12.6. The molecule has 21 heavy (non-hydrogen) atoms. The lowest BCUT2D eigenvalue weighted by molar-refractivity contribution is 0.103. The van der Waals surface area contributed by atoms with E-state index in [0.29, 0.717) is 5.13 Å². The highest BCUT2D eigenvalue weighted by Crippen LogP contribution is 2.33. The number of nitrogens with zero attached hydrogens (tertiary/aromatic N) is 1. The highest BCUT2D eigenvalue weighted by Gasteiger charge is 2.18. The van der Waals surface area contributed by atoms with Crippen LogP contribution in [0.15, 0.2) is 29.6 Å². The number of hydrogen-bond acceptors (Lipinski definition) is 4. The van der Waals surface area contributed by atoms with Gasteiger partial charge in [0.15, 0.2) is 5.13 Å². The molecule has 0 bridgehead atoms. The molecule has 3 nitrogen and oxygen atoms in total. The normalized spacial score (nSPS) is 11.0. The van der Waals surface area contributed by atoms with Crippen LogP contribution in [0.4, 0.5) is 5.13 Å². The van der Waals surface area contributed by atoms with E-state index in [2.05, 4.69) is 29.4 Å². The summed E-state index contributed by atoms with van der Waals surface area (Å²) in [7, 11) is 0. The zero-order valence-electron chi connectivity index (χ0n) is 12.0. The molecule has 0 radical (unpaired) electrons. The molecule has 3 rings (SSSR count). The molecular weight excluding hydrogens is 300 g/mol. The van der Waals surface area contributed by atoms with Crippen LogP contribution in [0.25, 0.3) is 10.1 Å². The van der Waals surface area contributed by atoms with Crippen molar-refractivity contribution in [2.45, 2.75) is 26.7 Å². The van der Waals surface area contributed by atoms with Crippen LogP contribution in [-0.4, -0.2) is 10.9 Å². The van der Waals surface area contributed by atoms with Gasteiger partial charge >= 0.3 is 0 Å². The molecular formula is C16H16N2OS2. The van der Waals surface area contributed by atoms with Gasteiger partial charge in [-0.3, -0.25) is 10.1 Å². The van der Waals surface area contributed by atoms with Crippen LogP contribution >= 0.6 is 22.7 Å². The predicted molar refractivity (Wildman–Crippen MR) is 90.6 cm³/mol. The van der Waals surface area contributed by atoms with E-state index in [4.69, 9.17) is 0 Å². The minimum atomic E-state index is -0.0472. The standard InChI is InChI=1S/C16H16N2OS2/c1-3-6-12-11-7-4-5-8-13(11)21-14(12)15(19)18-16-17-10(2)9-20-16/h4-5,7-9H,3,6H2,1-2H3,(H,17,18,19). The van der Waals surface area contributed by atoms with Crippen LogP contribution in [0.1, 0.15) is 34.3 Å². The summed E-state index contributed by atoms with van der Waals surface area (Å²) in [5.74, 6) is -0.0472. The quantitative estimate of drug-likeness (QED) is 0.746. The summed E-state index contributed by atoms with van der Waals surface area (Å²) in [5.41, 5.74) is 2.09. The first-order valence-corrected chi connectivity index (χ1v) is 8.62. The molecule has 2 aromatic heterocycles. The second-order valence-electron chi connectivity index (χ2n) is 4.90. The summed E-state index contributed by atoms with van der Waals surface area (Å²) in [6, 6.07) is 8.21. The Morgan fingerprint density at radius 2 is 2.14 bits per heavy atom. The number of amides is 1. The Morgan fingerprint density at radius 3 is 2.86 bits per heavy atom. The van der Waals surface area contributed by atoms with Gasteiger partial charge < -0.3 is 0 Å². The minimum absolute atomic E-state index is 0.0472. The highest BCUT2D eigenvalue weighted by atomic mass is 32.1. The number of carbonyl (C=O) groups excluding carboxylic acids is 1. The molecule has 1 aromatic carbocycles. The molecule has 0 aliphatic heterocycles. The largest absolute Gasteiger partial charge is 0.297 e. The average Bonchev–Trinajstić information content (AvgIpc) is 3.04. The van der Waals surface area contributed by atoms with Crippen molar-refractivity contribution in [3.8, 4) is 0 Å². The Bertz CT molecular complexity index is 789. The fraction of sp³-hybridized carbons (Fsp3) is 0.250. The van der Waals surface area contributed by atoms with Gasteiger partial charge in [0.2, 0.25) is 0 Å². The number of aromatic nitrogens is 1. The summed E-state index contributed by atoms with van der Waals surface area (Å²) < 4.78 is 1.17. The third-order valence-corrected chi connectivity index (χ3v) is 5.33. The molecule has 2 heterocycles. The Kier molecular flexibility index (Phi) is 4.03. The van der Waals surface area contributed by atoms with Crippen molar-refractivity contribution >= 4 is 43.8 Å². The Morgan fingerprint density at radius 1 is 1.33 bits per heavy atom. The van der Waals surface area contributed by atoms with Gasteiger partial charge in [0.25, 0.3) is 5.91 Å². The van der Waals surface area contributed by atoms with Crippen molar-refractivity contribution in [1.82, 2.24) is 4.98 Å². The monoisotopic (exact) mass is 316 g/mol. The third kappa shape index (κ3) is 2.84. The second kappa shape index (κ2) is 5.95. The second-order valence-corrected chi connectivity index (χ2v) is 6.81. The molecule has 1 amide bonds. The number of benzene rings is 1. The fourth-order valence-electron chi connectivity index (χ4n) is 2.35. The summed E-state index contributed by atoms with van der Waals surface area (Å²) in [4.78, 5) is 17.7. The number of anilines is 1. The molecule has 0 atom stereocenters. The number of rotatable bonds is 4. The lowest BCUT2D eigenvalue weighted by atomic mass is 10.1. The van der Waals surface area contributed by atoms with E-state index < -0.39 is 0 Å². The molecule has 0 aliphatic rings. The molecule has 0 spiro atoms. The lowest BCUT2D eigenvalue weighted by Gasteiger charge is -2.03. The maximum Gasteiger partial charge on any atom is 0.267 e. The van der Waals surface area contributed by atoms with Crippen LogP contribution < -0.4 is 5.32 Å². The van der Waals surface area contributed by atoms with Gasteiger partial charge in [0.05, 0.1) is 10.6 Å². The number of aryl methyl sites for hydroxylation is 2. The lowest BCUT2D eigenvalue weighted by Crippen LogP contribution is -2.12. The third-order valence-electron chi connectivity index (χ3n) is 3.24. The van der Waals surface area contributed by atoms with E-state index in [9.17, 15) is 4.79 Å². The topological polar surface area (TPSA) is 42.0 Å². The predicted octanol–water partition coefficient (Wildman–Crippen LogP) is 4.87. The van der Waals surface area contributed by atoms with Crippen molar-refractivity contribution in [2.24, 2.45) is 0 Å². The number of thiazole rings is 1. The molecule has 108 valence electrons. The summed E-state index contributed by atoms with van der Waals surface area (Å²) in [6.45, 7) is 4.06. The first-order chi connectivity index (χ1) is 10.2. The molecule has 0 saturated heterocycles. The van der Waals surface area contributed by atoms with E-state index in [1.54, 1.807) is 11.3 Å². The van der Waals surface area contributed by atoms with Crippen LogP contribution in [0.3, 0.4) is 0 Å². The van der Waals surface area contributed by atoms with Crippen LogP contribution in [-0.2, 0) is 6.42 Å². The zero-order chi connectivity index (χ0) is 14.8. The summed E-state index contributed by atoms with van der Waals surface area (Å²) >= 11 is 3.02. The number of thiophene rings is 1. The maximum absolute atomic E-state index is 12.6. The van der Waals surface area contributed by atoms with Gasteiger partial charge in [-0.2, -0.15) is 0 Å². The fourth-order valence-corrected chi connectivity index (χ4v) is 4.18. The van der Waals surface area contributed by atoms with Gasteiger partial charge in [0, 0.05) is 10.1 Å². The van der Waals surface area contributed by atoms with E-state index >= 15 is 0 Å². The molecule has 0 unspecified atom stereocenters. The first-order valence-electron chi connectivity index (χ1n) is 6.93. The van der Waals surface area contributed by atoms with Gasteiger partial charge in [0.1, 0.15) is 0 Å². The van der Waals surface area contributed by atoms with Crippen molar-refractivity contribution < 1.29 is 4.79 Å². The SMILES string of the molecule is CCCc1c(C(=O)Nc2nc(C)cs2)sc2ccccc12. The van der Waals surface area contributed by atoms with Crippen molar-refractivity contribution in [2.75, 3.05) is 5.32 Å². The van der Waals surface area contributed by atoms with Crippen LogP contribution in [0, 0.1) is 6.92 Å². The number of nitrogens with one attached hydrogen (secondary N) is 1. The summed E-state index contributed by atoms with van der Waals surface area (Å²) in [6.07, 6.45) is 1.95. The number of carbonyl (C=O) groups is 1. The van der Waals surface area contributed by atoms with Crippen LogP contribution in [0.2, 0.25) is 0 Å². The Labute approximate surface area is 131 Å². The van der Waals surface area contributed by atoms with Gasteiger partial charge in [-0.1, -0.05) is 31.5 Å². The minimum Gasteiger partial charge on any atom is -0.297 e. The average molecular weight is 316 g/mol. The van der Waals surface area contributed by atoms with E-state index in [1.165, 1.54) is 21.4 Å². The van der Waals surface area contributed by atoms with E-state index in [1.807, 2.05) is 24.4 Å². The molecule has 0 aliphatic carbocycles. The molecule has 0 saturated carbocycles. The molecule has 3 aromatic rings. The highest BCUT2D eigenvalue weighted by molar-refractivity contribution is 7.21. The zero-order valence-corrected chi connectivity index (χ0v) is 13.6. The van der Waals surface area contributed by atoms with E-state index in [-0.39, 0.29) is 5.91 Å². The number of fused-ring (bicyclic) bond motifs is 1. The first kappa shape index (κ1) is 14.2. The molecule has 5 heteroatoms. The summed E-state index contributed by atoms with van der Waals surface area (Å²) in [5, 5.41) is 6.72. The van der Waals surface area contributed by atoms with Gasteiger partial charge in [-0.05, 0) is 30.4 Å². The van der Waals surface area contributed by atoms with Gasteiger partial charge in [-0.25, -0.2) is 4.98 Å². The van der Waals surface area contributed by atoms with Crippen molar-refractivity contribution in [1.29, 1.82) is 0 Å². The van der Waals surface area contributed by atoms with Crippen molar-refractivity contribution in [3.05, 3.63) is 45.8 Å². The smallest absolute Gasteiger partial charge is 0.267 e. The van der Waals surface area contributed by atoms with Crippen LogP contribution in [0.5, 0.6) is 0 Å². The number of hydrogen-bond donors (Lipinski definition) is 1. The molecule has 1 N–H and O–H groups in total. The van der Waals surface area contributed by atoms with Gasteiger partial charge in [-0.15, -0.1) is 22.7 Å².